The topological polar surface area (TPSA) is 63.5 Å². The van der Waals surface area contributed by atoms with Crippen LogP contribution in [0.4, 0.5) is 11.4 Å². The van der Waals surface area contributed by atoms with Crippen molar-refractivity contribution >= 4 is 17.3 Å². The molecule has 5 heteroatoms. The number of hydrogen-bond donors (Lipinski definition) is 0. The van der Waals surface area contributed by atoms with E-state index in [1.54, 1.807) is 11.0 Å². The first kappa shape index (κ1) is 15.2. The number of nitrogens with zero attached hydrogens (tertiary/aromatic N) is 2. The van der Waals surface area contributed by atoms with E-state index in [4.69, 9.17) is 0 Å². The van der Waals surface area contributed by atoms with E-state index in [1.165, 1.54) is 6.07 Å². The van der Waals surface area contributed by atoms with Gasteiger partial charge in [0.05, 0.1) is 4.92 Å². The molecule has 0 bridgehead atoms. The van der Waals surface area contributed by atoms with Crippen molar-refractivity contribution in [2.75, 3.05) is 11.4 Å². The van der Waals surface area contributed by atoms with Gasteiger partial charge in [0.1, 0.15) is 5.69 Å². The van der Waals surface area contributed by atoms with Crippen molar-refractivity contribution < 1.29 is 9.72 Å². The summed E-state index contributed by atoms with van der Waals surface area (Å²) < 4.78 is 0. The molecule has 3 rings (SSSR count). The largest absolute Gasteiger partial charge is 0.306 e. The molecule has 2 aromatic rings. The van der Waals surface area contributed by atoms with Crippen LogP contribution in [0, 0.1) is 17.0 Å². The van der Waals surface area contributed by atoms with Crippen LogP contribution in [0.2, 0.25) is 0 Å². The van der Waals surface area contributed by atoms with Gasteiger partial charge in [0.25, 0.3) is 5.69 Å². The van der Waals surface area contributed by atoms with E-state index in [9.17, 15) is 14.9 Å². The molecule has 1 aliphatic heterocycles. The van der Waals surface area contributed by atoms with Crippen molar-refractivity contribution in [2.45, 2.75) is 26.2 Å². The summed E-state index contributed by atoms with van der Waals surface area (Å²) in [5.41, 5.74) is 3.68. The number of amides is 1. The minimum Gasteiger partial charge on any atom is -0.306 e. The third-order valence-corrected chi connectivity index (χ3v) is 4.34. The number of benzene rings is 2. The first-order valence-corrected chi connectivity index (χ1v) is 7.69. The van der Waals surface area contributed by atoms with Crippen molar-refractivity contribution in [3.8, 4) is 0 Å². The van der Waals surface area contributed by atoms with Crippen LogP contribution in [-0.4, -0.2) is 17.4 Å². The summed E-state index contributed by atoms with van der Waals surface area (Å²) in [5.74, 6) is -0.0543. The Morgan fingerprint density at radius 3 is 2.74 bits per heavy atom. The molecule has 0 saturated carbocycles. The first-order chi connectivity index (χ1) is 11.1. The maximum Gasteiger partial charge on any atom is 0.293 e. The molecule has 5 nitrogen and oxygen atoms in total. The van der Waals surface area contributed by atoms with Crippen LogP contribution in [-0.2, 0) is 17.6 Å². The number of carbonyl (C=O) groups is 1. The molecular weight excluding hydrogens is 292 g/mol. The van der Waals surface area contributed by atoms with Crippen LogP contribution in [0.1, 0.15) is 23.1 Å². The third-order valence-electron chi connectivity index (χ3n) is 4.34. The maximum atomic E-state index is 12.6. The average molecular weight is 310 g/mol. The summed E-state index contributed by atoms with van der Waals surface area (Å²) in [6.45, 7) is 2.54. The van der Waals surface area contributed by atoms with E-state index in [0.717, 1.165) is 16.7 Å². The average Bonchev–Trinajstić information content (AvgIpc) is 2.97. The van der Waals surface area contributed by atoms with Gasteiger partial charge >= 0.3 is 0 Å². The summed E-state index contributed by atoms with van der Waals surface area (Å²) in [5, 5.41) is 11.2. The van der Waals surface area contributed by atoms with Crippen LogP contribution in [0.15, 0.2) is 42.5 Å². The maximum absolute atomic E-state index is 12.6. The van der Waals surface area contributed by atoms with Gasteiger partial charge in [-0.05, 0) is 36.5 Å². The van der Waals surface area contributed by atoms with E-state index < -0.39 is 4.92 Å². The Morgan fingerprint density at radius 1 is 1.22 bits per heavy atom. The quantitative estimate of drug-likeness (QED) is 0.642. The monoisotopic (exact) mass is 310 g/mol. The van der Waals surface area contributed by atoms with E-state index in [0.29, 0.717) is 31.5 Å². The zero-order chi connectivity index (χ0) is 16.4. The molecule has 0 unspecified atom stereocenters. The van der Waals surface area contributed by atoms with Crippen molar-refractivity contribution in [3.63, 3.8) is 0 Å². The molecule has 0 saturated heterocycles. The second-order valence-electron chi connectivity index (χ2n) is 5.76. The zero-order valence-corrected chi connectivity index (χ0v) is 13.0. The lowest BCUT2D eigenvalue weighted by Crippen LogP contribution is -2.29. The molecule has 0 aromatic heterocycles. The van der Waals surface area contributed by atoms with Gasteiger partial charge in [-0.1, -0.05) is 36.4 Å². The number of rotatable bonds is 4. The highest BCUT2D eigenvalue weighted by Gasteiger charge is 2.31. The number of aryl methyl sites for hydroxylation is 2. The Labute approximate surface area is 134 Å². The molecule has 0 atom stereocenters. The van der Waals surface area contributed by atoms with Gasteiger partial charge < -0.3 is 4.90 Å². The Hall–Kier alpha value is -2.69. The Kier molecular flexibility index (Phi) is 4.10. The normalized spacial score (nSPS) is 13.0. The summed E-state index contributed by atoms with van der Waals surface area (Å²) in [4.78, 5) is 25.0. The molecule has 1 aliphatic rings. The highest BCUT2D eigenvalue weighted by molar-refractivity contribution is 5.98. The van der Waals surface area contributed by atoms with Crippen molar-refractivity contribution in [1.82, 2.24) is 0 Å². The van der Waals surface area contributed by atoms with Crippen LogP contribution in [0.5, 0.6) is 0 Å². The fourth-order valence-corrected chi connectivity index (χ4v) is 3.10. The van der Waals surface area contributed by atoms with Crippen LogP contribution in [0.25, 0.3) is 0 Å². The van der Waals surface area contributed by atoms with E-state index in [-0.39, 0.29) is 11.6 Å². The van der Waals surface area contributed by atoms with Crippen LogP contribution >= 0.6 is 0 Å². The number of nitro groups is 1. The first-order valence-electron chi connectivity index (χ1n) is 7.69. The molecule has 0 aliphatic carbocycles. The van der Waals surface area contributed by atoms with Crippen LogP contribution < -0.4 is 4.90 Å². The second kappa shape index (κ2) is 6.20. The molecule has 0 spiro atoms. The molecule has 0 radical (unpaired) electrons. The Balaban J connectivity index is 1.79. The van der Waals surface area contributed by atoms with Crippen molar-refractivity contribution in [2.24, 2.45) is 0 Å². The second-order valence-corrected chi connectivity index (χ2v) is 5.76. The smallest absolute Gasteiger partial charge is 0.293 e. The van der Waals surface area contributed by atoms with Crippen molar-refractivity contribution in [3.05, 3.63) is 69.3 Å². The minimum absolute atomic E-state index is 0.0178. The molecule has 0 fully saturated rings. The molecule has 23 heavy (non-hydrogen) atoms. The number of anilines is 1. The van der Waals surface area contributed by atoms with Gasteiger partial charge in [-0.2, -0.15) is 0 Å². The number of nitro benzene ring substituents is 1. The van der Waals surface area contributed by atoms with Crippen molar-refractivity contribution in [1.29, 1.82) is 0 Å². The van der Waals surface area contributed by atoms with Gasteiger partial charge in [0, 0.05) is 19.0 Å². The lowest BCUT2D eigenvalue weighted by Gasteiger charge is -2.17. The number of para-hydroxylation sites is 1. The number of carbonyl (C=O) groups excluding carboxylic acids is 1. The number of hydrogen-bond acceptors (Lipinski definition) is 3. The Bertz CT molecular complexity index is 771. The fourth-order valence-electron chi connectivity index (χ4n) is 3.10. The summed E-state index contributed by atoms with van der Waals surface area (Å²) >= 11 is 0. The van der Waals surface area contributed by atoms with Gasteiger partial charge in [-0.3, -0.25) is 14.9 Å². The molecular formula is C18H18N2O3. The molecule has 0 N–H and O–H groups in total. The molecule has 2 aromatic carbocycles. The SMILES string of the molecule is Cc1ccccc1CCC(=O)N1CCc2cccc([N+](=O)[O-])c21. The Morgan fingerprint density at radius 2 is 2.00 bits per heavy atom. The molecule has 1 amide bonds. The summed E-state index contributed by atoms with van der Waals surface area (Å²) in [6, 6.07) is 13.0. The highest BCUT2D eigenvalue weighted by Crippen LogP contribution is 2.37. The lowest BCUT2D eigenvalue weighted by molar-refractivity contribution is -0.384. The third kappa shape index (κ3) is 2.95. The summed E-state index contributed by atoms with van der Waals surface area (Å²) in [7, 11) is 0. The standard InChI is InChI=1S/C18H18N2O3/c1-13-5-2-3-6-14(13)9-10-17(21)19-12-11-15-7-4-8-16(18(15)19)20(22)23/h2-8H,9-12H2,1H3. The van der Waals surface area contributed by atoms with Gasteiger partial charge in [0.15, 0.2) is 0 Å². The van der Waals surface area contributed by atoms with E-state index in [2.05, 4.69) is 0 Å². The van der Waals surface area contributed by atoms with Gasteiger partial charge in [0.2, 0.25) is 5.91 Å². The van der Waals surface area contributed by atoms with Gasteiger partial charge in [-0.15, -0.1) is 0 Å². The predicted molar refractivity (Wildman–Crippen MR) is 88.7 cm³/mol. The zero-order valence-electron chi connectivity index (χ0n) is 13.0. The van der Waals surface area contributed by atoms with E-state index >= 15 is 0 Å². The lowest BCUT2D eigenvalue weighted by atomic mass is 10.0. The summed E-state index contributed by atoms with van der Waals surface area (Å²) in [6.07, 6.45) is 1.68. The van der Waals surface area contributed by atoms with Crippen LogP contribution in [0.3, 0.4) is 0 Å². The molecule has 1 heterocycles. The number of fused-ring (bicyclic) bond motifs is 1. The minimum atomic E-state index is -0.411. The highest BCUT2D eigenvalue weighted by atomic mass is 16.6. The predicted octanol–water partition coefficient (Wildman–Crippen LogP) is 3.43. The molecule has 118 valence electrons. The van der Waals surface area contributed by atoms with E-state index in [1.807, 2.05) is 37.3 Å². The fraction of sp³-hybridized carbons (Fsp3) is 0.278. The van der Waals surface area contributed by atoms with Gasteiger partial charge in [-0.25, -0.2) is 0 Å².